The van der Waals surface area contributed by atoms with E-state index in [4.69, 9.17) is 10.5 Å². The fourth-order valence-corrected chi connectivity index (χ4v) is 4.04. The summed E-state index contributed by atoms with van der Waals surface area (Å²) in [6, 6.07) is 25.0. The van der Waals surface area contributed by atoms with Gasteiger partial charge in [0.1, 0.15) is 11.5 Å². The van der Waals surface area contributed by atoms with Gasteiger partial charge in [0.25, 0.3) is 0 Å². The van der Waals surface area contributed by atoms with Crippen molar-refractivity contribution in [1.29, 1.82) is 0 Å². The molecule has 0 unspecified atom stereocenters. The molecule has 0 atom stereocenters. The highest BCUT2D eigenvalue weighted by molar-refractivity contribution is 7.99. The fourth-order valence-electron chi connectivity index (χ4n) is 2.83. The van der Waals surface area contributed by atoms with Crippen LogP contribution >= 0.6 is 11.8 Å². The normalized spacial score (nSPS) is 13.1. The maximum Gasteiger partial charge on any atom is 0.132 e. The monoisotopic (exact) mass is 319 g/mol. The van der Waals surface area contributed by atoms with Crippen LogP contribution in [0.2, 0.25) is 0 Å². The van der Waals surface area contributed by atoms with Crippen LogP contribution in [-0.4, -0.2) is 0 Å². The van der Waals surface area contributed by atoms with E-state index in [9.17, 15) is 0 Å². The zero-order valence-electron chi connectivity index (χ0n) is 12.6. The number of ether oxygens (including phenoxy) is 1. The van der Waals surface area contributed by atoms with Gasteiger partial charge in [-0.1, -0.05) is 48.5 Å². The van der Waals surface area contributed by atoms with Crippen LogP contribution in [0.25, 0.3) is 0 Å². The SMILES string of the molecule is NCc1ccc(SC2c3ccccc3Oc3ccccc32)cc1. The lowest BCUT2D eigenvalue weighted by Crippen LogP contribution is -2.07. The number of para-hydroxylation sites is 2. The van der Waals surface area contributed by atoms with Gasteiger partial charge in [-0.2, -0.15) is 0 Å². The number of benzene rings is 3. The van der Waals surface area contributed by atoms with E-state index < -0.39 is 0 Å². The molecular weight excluding hydrogens is 302 g/mol. The van der Waals surface area contributed by atoms with Crippen molar-refractivity contribution in [3.05, 3.63) is 89.5 Å². The van der Waals surface area contributed by atoms with Crippen molar-refractivity contribution in [2.75, 3.05) is 0 Å². The van der Waals surface area contributed by atoms with E-state index in [0.717, 1.165) is 17.1 Å². The number of hydrogen-bond donors (Lipinski definition) is 1. The van der Waals surface area contributed by atoms with E-state index in [-0.39, 0.29) is 5.25 Å². The average Bonchev–Trinajstić information content (AvgIpc) is 2.62. The van der Waals surface area contributed by atoms with Crippen LogP contribution in [0.4, 0.5) is 0 Å². The number of thioether (sulfide) groups is 1. The molecule has 23 heavy (non-hydrogen) atoms. The highest BCUT2D eigenvalue weighted by Crippen LogP contribution is 2.51. The summed E-state index contributed by atoms with van der Waals surface area (Å²) in [5.41, 5.74) is 9.28. The lowest BCUT2D eigenvalue weighted by Gasteiger charge is -2.27. The van der Waals surface area contributed by atoms with E-state index >= 15 is 0 Å². The van der Waals surface area contributed by atoms with Crippen molar-refractivity contribution >= 4 is 11.8 Å². The second-order valence-electron chi connectivity index (χ2n) is 5.52. The molecule has 0 bridgehead atoms. The smallest absolute Gasteiger partial charge is 0.132 e. The standard InChI is InChI=1S/C20H17NOS/c21-13-14-9-11-15(12-10-14)23-20-16-5-1-3-7-18(16)22-19-8-4-2-6-17(19)20/h1-12,20H,13,21H2. The second-order valence-corrected chi connectivity index (χ2v) is 6.70. The number of hydrogen-bond acceptors (Lipinski definition) is 3. The van der Waals surface area contributed by atoms with Crippen LogP contribution in [-0.2, 0) is 6.54 Å². The number of rotatable bonds is 3. The molecule has 0 saturated carbocycles. The summed E-state index contributed by atoms with van der Waals surface area (Å²) in [4.78, 5) is 1.23. The van der Waals surface area contributed by atoms with Crippen molar-refractivity contribution in [3.63, 3.8) is 0 Å². The quantitative estimate of drug-likeness (QED) is 0.726. The molecule has 3 heteroatoms. The fraction of sp³-hybridized carbons (Fsp3) is 0.100. The van der Waals surface area contributed by atoms with Crippen LogP contribution in [0.15, 0.2) is 77.7 Å². The van der Waals surface area contributed by atoms with Crippen LogP contribution < -0.4 is 10.5 Å². The molecular formula is C20H17NOS. The van der Waals surface area contributed by atoms with Gasteiger partial charge >= 0.3 is 0 Å². The molecule has 114 valence electrons. The molecule has 3 aromatic rings. The lowest BCUT2D eigenvalue weighted by molar-refractivity contribution is 0.459. The van der Waals surface area contributed by atoms with Crippen molar-refractivity contribution < 1.29 is 4.74 Å². The Hall–Kier alpha value is -2.23. The van der Waals surface area contributed by atoms with Gasteiger partial charge in [-0.15, -0.1) is 11.8 Å². The molecule has 1 heterocycles. The summed E-state index contributed by atoms with van der Waals surface area (Å²) in [5.74, 6) is 1.89. The van der Waals surface area contributed by atoms with Crippen molar-refractivity contribution in [3.8, 4) is 11.5 Å². The molecule has 3 aromatic carbocycles. The highest BCUT2D eigenvalue weighted by atomic mass is 32.2. The molecule has 2 N–H and O–H groups in total. The van der Waals surface area contributed by atoms with E-state index in [1.807, 2.05) is 36.0 Å². The Kier molecular flexibility index (Phi) is 3.82. The number of fused-ring (bicyclic) bond motifs is 2. The summed E-state index contributed by atoms with van der Waals surface area (Å²) >= 11 is 1.85. The molecule has 0 aromatic heterocycles. The molecule has 0 spiro atoms. The molecule has 2 nitrogen and oxygen atoms in total. The second kappa shape index (κ2) is 6.11. The predicted octanol–water partition coefficient (Wildman–Crippen LogP) is 5.13. The third-order valence-electron chi connectivity index (χ3n) is 4.04. The van der Waals surface area contributed by atoms with Crippen LogP contribution in [0.3, 0.4) is 0 Å². The average molecular weight is 319 g/mol. The minimum atomic E-state index is 0.236. The first-order valence-corrected chi connectivity index (χ1v) is 8.54. The van der Waals surface area contributed by atoms with E-state index in [1.54, 1.807) is 0 Å². The largest absolute Gasteiger partial charge is 0.457 e. The molecule has 1 aliphatic rings. The summed E-state index contributed by atoms with van der Waals surface area (Å²) < 4.78 is 6.05. The minimum absolute atomic E-state index is 0.236. The first-order valence-electron chi connectivity index (χ1n) is 7.66. The Morgan fingerprint density at radius 2 is 1.35 bits per heavy atom. The summed E-state index contributed by atoms with van der Waals surface area (Å²) in [6.07, 6.45) is 0. The van der Waals surface area contributed by atoms with Gasteiger partial charge in [0, 0.05) is 22.6 Å². The topological polar surface area (TPSA) is 35.2 Å². The van der Waals surface area contributed by atoms with Gasteiger partial charge < -0.3 is 10.5 Å². The van der Waals surface area contributed by atoms with Gasteiger partial charge in [-0.3, -0.25) is 0 Å². The van der Waals surface area contributed by atoms with E-state index in [0.29, 0.717) is 6.54 Å². The predicted molar refractivity (Wildman–Crippen MR) is 95.0 cm³/mol. The van der Waals surface area contributed by atoms with Crippen LogP contribution in [0.1, 0.15) is 21.9 Å². The third-order valence-corrected chi connectivity index (χ3v) is 5.32. The van der Waals surface area contributed by atoms with Crippen molar-refractivity contribution in [2.24, 2.45) is 5.73 Å². The number of nitrogens with two attached hydrogens (primary N) is 1. The highest BCUT2D eigenvalue weighted by Gasteiger charge is 2.27. The summed E-state index contributed by atoms with van der Waals surface area (Å²) in [7, 11) is 0. The van der Waals surface area contributed by atoms with Gasteiger partial charge in [-0.25, -0.2) is 0 Å². The molecule has 0 fully saturated rings. The first kappa shape index (κ1) is 14.4. The molecule has 1 aliphatic heterocycles. The molecule has 4 rings (SSSR count). The van der Waals surface area contributed by atoms with Crippen molar-refractivity contribution in [2.45, 2.75) is 16.7 Å². The zero-order valence-corrected chi connectivity index (χ0v) is 13.4. The Morgan fingerprint density at radius 1 is 0.783 bits per heavy atom. The maximum atomic E-state index is 6.05. The molecule has 0 aliphatic carbocycles. The van der Waals surface area contributed by atoms with Crippen LogP contribution in [0.5, 0.6) is 11.5 Å². The van der Waals surface area contributed by atoms with E-state index in [1.165, 1.54) is 16.0 Å². The van der Waals surface area contributed by atoms with Gasteiger partial charge in [0.05, 0.1) is 5.25 Å². The summed E-state index contributed by atoms with van der Waals surface area (Å²) in [6.45, 7) is 0.577. The molecule has 0 saturated heterocycles. The van der Waals surface area contributed by atoms with E-state index in [2.05, 4.69) is 48.5 Å². The Morgan fingerprint density at radius 3 is 1.91 bits per heavy atom. The lowest BCUT2D eigenvalue weighted by atomic mass is 10.00. The third kappa shape index (κ3) is 2.74. The van der Waals surface area contributed by atoms with Crippen LogP contribution in [0, 0.1) is 0 Å². The Balaban J connectivity index is 1.74. The first-order chi connectivity index (χ1) is 11.3. The van der Waals surface area contributed by atoms with Crippen molar-refractivity contribution in [1.82, 2.24) is 0 Å². The summed E-state index contributed by atoms with van der Waals surface area (Å²) in [5, 5.41) is 0.236. The Bertz CT molecular complexity index is 784. The maximum absolute atomic E-state index is 6.05. The Labute approximate surface area is 140 Å². The molecule has 0 radical (unpaired) electrons. The van der Waals surface area contributed by atoms with Gasteiger partial charge in [0.2, 0.25) is 0 Å². The molecule has 0 amide bonds. The van der Waals surface area contributed by atoms with Gasteiger partial charge in [0.15, 0.2) is 0 Å². The minimum Gasteiger partial charge on any atom is -0.457 e. The van der Waals surface area contributed by atoms with Gasteiger partial charge in [-0.05, 0) is 29.8 Å². The zero-order chi connectivity index (χ0) is 15.6.